The van der Waals surface area contributed by atoms with Gasteiger partial charge in [0.15, 0.2) is 0 Å². The van der Waals surface area contributed by atoms with Gasteiger partial charge in [-0.05, 0) is 12.5 Å². The highest BCUT2D eigenvalue weighted by Crippen LogP contribution is 2.14. The lowest BCUT2D eigenvalue weighted by Crippen LogP contribution is -2.40. The van der Waals surface area contributed by atoms with Gasteiger partial charge in [0.2, 0.25) is 5.91 Å². The molecule has 1 rings (SSSR count). The molecule has 1 aromatic rings. The highest BCUT2D eigenvalue weighted by atomic mass is 32.2. The maximum Gasteiger partial charge on any atom is 0.323 e. The average Bonchev–Trinajstić information content (AvgIpc) is 2.36. The Morgan fingerprint density at radius 3 is 2.29 bits per heavy atom. The van der Waals surface area contributed by atoms with Gasteiger partial charge in [0.05, 0.1) is 5.75 Å². The molecular weight excluding hydrogens is 294 g/mol. The number of thioether (sulfide) groups is 1. The molecule has 0 aromatic heterocycles. The summed E-state index contributed by atoms with van der Waals surface area (Å²) in [6.45, 7) is 0.771. The molecule has 114 valence electrons. The standard InChI is InChI=1S/C14H17NO5S/c1-10-3-2-4-11(5-10)8-21-9-12(16)15(6-13(17)18)7-14(19)20/h2-5H,6-9H2,1H3,(H,17,18)(H,19,20). The Hall–Kier alpha value is -2.02. The number of carbonyl (C=O) groups is 3. The van der Waals surface area contributed by atoms with Crippen LogP contribution in [0.2, 0.25) is 0 Å². The number of benzene rings is 1. The van der Waals surface area contributed by atoms with E-state index in [1.165, 1.54) is 11.8 Å². The zero-order chi connectivity index (χ0) is 15.8. The first-order valence-electron chi connectivity index (χ1n) is 6.23. The molecule has 0 aliphatic heterocycles. The maximum atomic E-state index is 11.8. The number of rotatable bonds is 8. The number of carbonyl (C=O) groups excluding carboxylic acids is 1. The third kappa shape index (κ3) is 6.80. The summed E-state index contributed by atoms with van der Waals surface area (Å²) in [5, 5.41) is 17.4. The zero-order valence-electron chi connectivity index (χ0n) is 11.6. The van der Waals surface area contributed by atoms with Crippen molar-refractivity contribution in [1.82, 2.24) is 4.90 Å². The molecule has 0 atom stereocenters. The third-order valence-corrected chi connectivity index (χ3v) is 3.57. The summed E-state index contributed by atoms with van der Waals surface area (Å²) in [5.41, 5.74) is 2.19. The Morgan fingerprint density at radius 2 is 1.76 bits per heavy atom. The molecule has 0 bridgehead atoms. The highest BCUT2D eigenvalue weighted by Gasteiger charge is 2.19. The van der Waals surface area contributed by atoms with Gasteiger partial charge >= 0.3 is 11.9 Å². The van der Waals surface area contributed by atoms with E-state index in [-0.39, 0.29) is 5.75 Å². The van der Waals surface area contributed by atoms with Crippen LogP contribution in [0.15, 0.2) is 24.3 Å². The van der Waals surface area contributed by atoms with Crippen molar-refractivity contribution in [3.63, 3.8) is 0 Å². The zero-order valence-corrected chi connectivity index (χ0v) is 12.4. The fourth-order valence-electron chi connectivity index (χ4n) is 1.71. The molecule has 0 heterocycles. The molecule has 0 spiro atoms. The van der Waals surface area contributed by atoms with E-state index in [2.05, 4.69) is 0 Å². The molecule has 0 saturated carbocycles. The number of aryl methyl sites for hydroxylation is 1. The molecule has 1 aromatic carbocycles. The smallest absolute Gasteiger partial charge is 0.323 e. The van der Waals surface area contributed by atoms with Crippen molar-refractivity contribution in [2.75, 3.05) is 18.8 Å². The fraction of sp³-hybridized carbons (Fsp3) is 0.357. The first kappa shape index (κ1) is 17.0. The average molecular weight is 311 g/mol. The lowest BCUT2D eigenvalue weighted by molar-refractivity contribution is -0.148. The van der Waals surface area contributed by atoms with Crippen molar-refractivity contribution in [3.05, 3.63) is 35.4 Å². The summed E-state index contributed by atoms with van der Waals surface area (Å²) in [5.74, 6) is -2.28. The van der Waals surface area contributed by atoms with Crippen molar-refractivity contribution in [3.8, 4) is 0 Å². The van der Waals surface area contributed by atoms with Crippen LogP contribution in [0.5, 0.6) is 0 Å². The summed E-state index contributed by atoms with van der Waals surface area (Å²) >= 11 is 1.33. The number of amides is 1. The van der Waals surface area contributed by atoms with Crippen LogP contribution in [0, 0.1) is 6.92 Å². The van der Waals surface area contributed by atoms with Gasteiger partial charge < -0.3 is 15.1 Å². The van der Waals surface area contributed by atoms with E-state index in [1.807, 2.05) is 31.2 Å². The molecule has 0 fully saturated rings. The van der Waals surface area contributed by atoms with Gasteiger partial charge in [-0.2, -0.15) is 0 Å². The monoisotopic (exact) mass is 311 g/mol. The summed E-state index contributed by atoms with van der Waals surface area (Å²) in [7, 11) is 0. The lowest BCUT2D eigenvalue weighted by Gasteiger charge is -2.18. The predicted octanol–water partition coefficient (Wildman–Crippen LogP) is 1.23. The van der Waals surface area contributed by atoms with Gasteiger partial charge in [0, 0.05) is 5.75 Å². The Kier molecular flexibility index (Phi) is 6.74. The normalized spacial score (nSPS) is 10.1. The number of aliphatic carboxylic acids is 2. The van der Waals surface area contributed by atoms with Crippen molar-refractivity contribution in [2.24, 2.45) is 0 Å². The van der Waals surface area contributed by atoms with Crippen molar-refractivity contribution in [1.29, 1.82) is 0 Å². The summed E-state index contributed by atoms with van der Waals surface area (Å²) in [6.07, 6.45) is 0. The highest BCUT2D eigenvalue weighted by molar-refractivity contribution is 7.99. The van der Waals surface area contributed by atoms with Gasteiger partial charge in [0.25, 0.3) is 0 Å². The molecule has 0 saturated heterocycles. The number of nitrogens with zero attached hydrogens (tertiary/aromatic N) is 1. The van der Waals surface area contributed by atoms with Crippen LogP contribution in [0.3, 0.4) is 0 Å². The van der Waals surface area contributed by atoms with E-state index >= 15 is 0 Å². The molecular formula is C14H17NO5S. The topological polar surface area (TPSA) is 94.9 Å². The molecule has 6 nitrogen and oxygen atoms in total. The second-order valence-electron chi connectivity index (χ2n) is 4.52. The van der Waals surface area contributed by atoms with Gasteiger partial charge in [0.1, 0.15) is 13.1 Å². The third-order valence-electron chi connectivity index (χ3n) is 2.58. The molecule has 0 aliphatic carbocycles. The Bertz CT molecular complexity index is 516. The van der Waals surface area contributed by atoms with Crippen LogP contribution in [0.1, 0.15) is 11.1 Å². The van der Waals surface area contributed by atoms with Gasteiger partial charge in [-0.1, -0.05) is 29.8 Å². The summed E-state index contributed by atoms with van der Waals surface area (Å²) in [6, 6.07) is 7.84. The first-order valence-corrected chi connectivity index (χ1v) is 7.38. The van der Waals surface area contributed by atoms with Crippen LogP contribution in [0.4, 0.5) is 0 Å². The molecule has 0 radical (unpaired) electrons. The molecule has 0 aliphatic rings. The van der Waals surface area contributed by atoms with E-state index in [4.69, 9.17) is 10.2 Å². The molecule has 1 amide bonds. The van der Waals surface area contributed by atoms with Crippen molar-refractivity contribution >= 4 is 29.6 Å². The molecule has 0 unspecified atom stereocenters. The molecule has 7 heteroatoms. The van der Waals surface area contributed by atoms with Crippen LogP contribution in [-0.4, -0.2) is 51.8 Å². The maximum absolute atomic E-state index is 11.8. The number of carboxylic acid groups (broad SMARTS) is 2. The van der Waals surface area contributed by atoms with Gasteiger partial charge in [-0.25, -0.2) is 0 Å². The van der Waals surface area contributed by atoms with Gasteiger partial charge in [-0.3, -0.25) is 14.4 Å². The quantitative estimate of drug-likeness (QED) is 0.749. The fourth-order valence-corrected chi connectivity index (χ4v) is 2.58. The van der Waals surface area contributed by atoms with Crippen LogP contribution in [-0.2, 0) is 20.1 Å². The van der Waals surface area contributed by atoms with E-state index in [9.17, 15) is 14.4 Å². The minimum Gasteiger partial charge on any atom is -0.480 e. The van der Waals surface area contributed by atoms with Crippen LogP contribution < -0.4 is 0 Å². The minimum absolute atomic E-state index is 0.0501. The molecule has 21 heavy (non-hydrogen) atoms. The Balaban J connectivity index is 2.49. The van der Waals surface area contributed by atoms with E-state index in [0.717, 1.165) is 16.0 Å². The minimum atomic E-state index is -1.23. The second kappa shape index (κ2) is 8.31. The second-order valence-corrected chi connectivity index (χ2v) is 5.50. The SMILES string of the molecule is Cc1cccc(CSCC(=O)N(CC(=O)O)CC(=O)O)c1. The summed E-state index contributed by atoms with van der Waals surface area (Å²) in [4.78, 5) is 33.9. The van der Waals surface area contributed by atoms with Gasteiger partial charge in [-0.15, -0.1) is 11.8 Å². The van der Waals surface area contributed by atoms with E-state index < -0.39 is 30.9 Å². The number of hydrogen-bond donors (Lipinski definition) is 2. The Labute approximate surface area is 126 Å². The van der Waals surface area contributed by atoms with Crippen LogP contribution >= 0.6 is 11.8 Å². The first-order chi connectivity index (χ1) is 9.88. The number of hydrogen-bond acceptors (Lipinski definition) is 4. The largest absolute Gasteiger partial charge is 0.480 e. The molecule has 2 N–H and O–H groups in total. The summed E-state index contributed by atoms with van der Waals surface area (Å²) < 4.78 is 0. The lowest BCUT2D eigenvalue weighted by atomic mass is 10.2. The Morgan fingerprint density at radius 1 is 1.14 bits per heavy atom. The number of carboxylic acids is 2. The van der Waals surface area contributed by atoms with Crippen molar-refractivity contribution in [2.45, 2.75) is 12.7 Å². The van der Waals surface area contributed by atoms with E-state index in [0.29, 0.717) is 5.75 Å². The van der Waals surface area contributed by atoms with E-state index in [1.54, 1.807) is 0 Å². The predicted molar refractivity (Wildman–Crippen MR) is 79.2 cm³/mol. The van der Waals surface area contributed by atoms with Crippen LogP contribution in [0.25, 0.3) is 0 Å². The van der Waals surface area contributed by atoms with Crippen molar-refractivity contribution < 1.29 is 24.6 Å².